The number of hydrogen-bond acceptors (Lipinski definition) is 2. The van der Waals surface area contributed by atoms with E-state index in [1.165, 1.54) is 4.90 Å². The minimum Gasteiger partial charge on any atom is -0.367 e. The van der Waals surface area contributed by atoms with Crippen LogP contribution in [-0.4, -0.2) is 52.8 Å². The fourth-order valence-corrected chi connectivity index (χ4v) is 2.79. The number of nitrogens with one attached hydrogen (secondary N) is 1. The smallest absolute Gasteiger partial charge is 0.256 e. The zero-order chi connectivity index (χ0) is 17.1. The fourth-order valence-electron chi connectivity index (χ4n) is 2.79. The SMILES string of the molecule is O=C(c1cc[nH]c1)N1CCCN(C(=O)c2cc(F)ccc2F)CC1. The van der Waals surface area contributed by atoms with Crippen LogP contribution in [0.1, 0.15) is 27.1 Å². The summed E-state index contributed by atoms with van der Waals surface area (Å²) in [6.07, 6.45) is 3.88. The molecule has 7 heteroatoms. The highest BCUT2D eigenvalue weighted by Crippen LogP contribution is 2.15. The van der Waals surface area contributed by atoms with E-state index in [0.29, 0.717) is 31.6 Å². The highest BCUT2D eigenvalue weighted by molar-refractivity contribution is 5.95. The van der Waals surface area contributed by atoms with Gasteiger partial charge in [-0.15, -0.1) is 0 Å². The van der Waals surface area contributed by atoms with Crippen molar-refractivity contribution in [1.82, 2.24) is 14.8 Å². The summed E-state index contributed by atoms with van der Waals surface area (Å²) in [5.74, 6) is -2.06. The first kappa shape index (κ1) is 16.2. The number of aromatic amines is 1. The average Bonchev–Trinajstić information content (AvgIpc) is 3.00. The van der Waals surface area contributed by atoms with E-state index >= 15 is 0 Å². The molecule has 2 aromatic rings. The molecule has 0 radical (unpaired) electrons. The minimum atomic E-state index is -0.745. The van der Waals surface area contributed by atoms with Crippen LogP contribution in [0, 0.1) is 11.6 Å². The van der Waals surface area contributed by atoms with E-state index in [2.05, 4.69) is 4.98 Å². The number of nitrogens with zero attached hydrogens (tertiary/aromatic N) is 2. The largest absolute Gasteiger partial charge is 0.367 e. The molecule has 2 amide bonds. The molecule has 0 saturated carbocycles. The quantitative estimate of drug-likeness (QED) is 0.917. The van der Waals surface area contributed by atoms with Crippen LogP contribution in [0.2, 0.25) is 0 Å². The highest BCUT2D eigenvalue weighted by atomic mass is 19.1. The molecule has 1 aromatic carbocycles. The van der Waals surface area contributed by atoms with Gasteiger partial charge in [-0.05, 0) is 30.7 Å². The van der Waals surface area contributed by atoms with E-state index in [4.69, 9.17) is 0 Å². The lowest BCUT2D eigenvalue weighted by molar-refractivity contribution is 0.0716. The summed E-state index contributed by atoms with van der Waals surface area (Å²) < 4.78 is 27.1. The zero-order valence-electron chi connectivity index (χ0n) is 13.0. The monoisotopic (exact) mass is 333 g/mol. The van der Waals surface area contributed by atoms with E-state index in [-0.39, 0.29) is 18.0 Å². The molecule has 24 heavy (non-hydrogen) atoms. The normalized spacial score (nSPS) is 15.2. The van der Waals surface area contributed by atoms with E-state index in [0.717, 1.165) is 18.2 Å². The molecule has 0 bridgehead atoms. The standard InChI is InChI=1S/C17H17F2N3O2/c18-13-2-3-15(19)14(10-13)17(24)22-7-1-6-21(8-9-22)16(23)12-4-5-20-11-12/h2-5,10-11,20H,1,6-9H2. The molecule has 2 heterocycles. The van der Waals surface area contributed by atoms with Gasteiger partial charge in [-0.1, -0.05) is 0 Å². The van der Waals surface area contributed by atoms with Crippen molar-refractivity contribution in [1.29, 1.82) is 0 Å². The topological polar surface area (TPSA) is 56.4 Å². The third-order valence-corrected chi connectivity index (χ3v) is 4.07. The predicted octanol–water partition coefficient (Wildman–Crippen LogP) is 2.28. The molecular formula is C17H17F2N3O2. The van der Waals surface area contributed by atoms with Crippen LogP contribution in [0.5, 0.6) is 0 Å². The molecule has 1 saturated heterocycles. The van der Waals surface area contributed by atoms with Crippen LogP contribution in [0.15, 0.2) is 36.7 Å². The van der Waals surface area contributed by atoms with Gasteiger partial charge in [0.05, 0.1) is 11.1 Å². The van der Waals surface area contributed by atoms with Crippen molar-refractivity contribution in [3.05, 3.63) is 59.4 Å². The molecule has 0 spiro atoms. The molecule has 1 aliphatic rings. The molecule has 1 aliphatic heterocycles. The maximum Gasteiger partial charge on any atom is 0.256 e. The van der Waals surface area contributed by atoms with Crippen LogP contribution < -0.4 is 0 Å². The lowest BCUT2D eigenvalue weighted by Gasteiger charge is -2.22. The maximum atomic E-state index is 13.8. The molecule has 1 N–H and O–H groups in total. The summed E-state index contributed by atoms with van der Waals surface area (Å²) in [4.78, 5) is 30.8. The van der Waals surface area contributed by atoms with Gasteiger partial charge in [-0.3, -0.25) is 9.59 Å². The van der Waals surface area contributed by atoms with Gasteiger partial charge in [0.2, 0.25) is 0 Å². The molecule has 0 atom stereocenters. The van der Waals surface area contributed by atoms with Crippen molar-refractivity contribution in [2.75, 3.05) is 26.2 Å². The van der Waals surface area contributed by atoms with Gasteiger partial charge in [-0.25, -0.2) is 8.78 Å². The van der Waals surface area contributed by atoms with E-state index < -0.39 is 17.5 Å². The Morgan fingerprint density at radius 2 is 1.67 bits per heavy atom. The lowest BCUT2D eigenvalue weighted by Crippen LogP contribution is -2.37. The first-order valence-electron chi connectivity index (χ1n) is 7.72. The van der Waals surface area contributed by atoms with Crippen molar-refractivity contribution in [3.8, 4) is 0 Å². The summed E-state index contributed by atoms with van der Waals surface area (Å²) in [6.45, 7) is 1.54. The number of carbonyl (C=O) groups excluding carboxylic acids is 2. The molecule has 1 fully saturated rings. The first-order valence-corrected chi connectivity index (χ1v) is 7.72. The van der Waals surface area contributed by atoms with Crippen molar-refractivity contribution in [2.45, 2.75) is 6.42 Å². The summed E-state index contributed by atoms with van der Waals surface area (Å²) >= 11 is 0. The number of amides is 2. The first-order chi connectivity index (χ1) is 11.6. The summed E-state index contributed by atoms with van der Waals surface area (Å²) in [6, 6.07) is 4.53. The minimum absolute atomic E-state index is 0.109. The Bertz CT molecular complexity index is 746. The Hall–Kier alpha value is -2.70. The average molecular weight is 333 g/mol. The maximum absolute atomic E-state index is 13.8. The predicted molar refractivity (Wildman–Crippen MR) is 83.6 cm³/mol. The van der Waals surface area contributed by atoms with E-state index in [1.807, 2.05) is 0 Å². The van der Waals surface area contributed by atoms with Gasteiger partial charge >= 0.3 is 0 Å². The summed E-state index contributed by atoms with van der Waals surface area (Å²) in [5.41, 5.74) is 0.284. The van der Waals surface area contributed by atoms with Gasteiger partial charge in [0, 0.05) is 38.6 Å². The van der Waals surface area contributed by atoms with Crippen LogP contribution >= 0.6 is 0 Å². The Balaban J connectivity index is 1.70. The molecule has 1 aromatic heterocycles. The molecule has 0 unspecified atom stereocenters. The number of rotatable bonds is 2. The van der Waals surface area contributed by atoms with Gasteiger partial charge in [-0.2, -0.15) is 0 Å². The van der Waals surface area contributed by atoms with Crippen molar-refractivity contribution in [3.63, 3.8) is 0 Å². The number of H-pyrrole nitrogens is 1. The Labute approximate surface area is 137 Å². The van der Waals surface area contributed by atoms with Crippen LogP contribution in [-0.2, 0) is 0 Å². The molecular weight excluding hydrogens is 316 g/mol. The summed E-state index contributed by atoms with van der Waals surface area (Å²) in [7, 11) is 0. The van der Waals surface area contributed by atoms with Gasteiger partial charge in [0.1, 0.15) is 11.6 Å². The molecule has 5 nitrogen and oxygen atoms in total. The van der Waals surface area contributed by atoms with Crippen molar-refractivity contribution < 1.29 is 18.4 Å². The lowest BCUT2D eigenvalue weighted by atomic mass is 10.1. The second-order valence-corrected chi connectivity index (χ2v) is 5.66. The number of aromatic nitrogens is 1. The fraction of sp³-hybridized carbons (Fsp3) is 0.294. The Morgan fingerprint density at radius 1 is 0.958 bits per heavy atom. The van der Waals surface area contributed by atoms with Gasteiger partial charge in [0.25, 0.3) is 11.8 Å². The van der Waals surface area contributed by atoms with Gasteiger partial charge in [0.15, 0.2) is 0 Å². The van der Waals surface area contributed by atoms with Crippen molar-refractivity contribution >= 4 is 11.8 Å². The second kappa shape index (κ2) is 6.82. The molecule has 3 rings (SSSR count). The van der Waals surface area contributed by atoms with Gasteiger partial charge < -0.3 is 14.8 Å². The van der Waals surface area contributed by atoms with Crippen molar-refractivity contribution in [2.24, 2.45) is 0 Å². The zero-order valence-corrected chi connectivity index (χ0v) is 13.0. The number of benzene rings is 1. The molecule has 0 aliphatic carbocycles. The third kappa shape index (κ3) is 3.29. The second-order valence-electron chi connectivity index (χ2n) is 5.66. The van der Waals surface area contributed by atoms with Crippen LogP contribution in [0.25, 0.3) is 0 Å². The number of hydrogen-bond donors (Lipinski definition) is 1. The van der Waals surface area contributed by atoms with Crippen LogP contribution in [0.4, 0.5) is 8.78 Å². The number of halogens is 2. The molecule has 126 valence electrons. The van der Waals surface area contributed by atoms with E-state index in [9.17, 15) is 18.4 Å². The summed E-state index contributed by atoms with van der Waals surface area (Å²) in [5, 5.41) is 0. The Morgan fingerprint density at radius 3 is 2.33 bits per heavy atom. The van der Waals surface area contributed by atoms with Crippen LogP contribution in [0.3, 0.4) is 0 Å². The number of carbonyl (C=O) groups is 2. The Kier molecular flexibility index (Phi) is 4.59. The van der Waals surface area contributed by atoms with E-state index in [1.54, 1.807) is 23.4 Å². The highest BCUT2D eigenvalue weighted by Gasteiger charge is 2.25. The third-order valence-electron chi connectivity index (χ3n) is 4.07.